The van der Waals surface area contributed by atoms with Crippen molar-refractivity contribution in [2.75, 3.05) is 13.7 Å². The van der Waals surface area contributed by atoms with Crippen LogP contribution < -0.4 is 14.8 Å². The fourth-order valence-corrected chi connectivity index (χ4v) is 2.07. The molecule has 0 spiro atoms. The molecule has 7 heteroatoms. The first-order chi connectivity index (χ1) is 11.1. The van der Waals surface area contributed by atoms with Gasteiger partial charge in [0, 0.05) is 12.1 Å². The number of carbonyl (C=O) groups is 1. The van der Waals surface area contributed by atoms with E-state index >= 15 is 0 Å². The molecule has 1 aromatic carbocycles. The molecule has 1 amide bonds. The number of benzene rings is 1. The molecule has 136 valence electrons. The van der Waals surface area contributed by atoms with E-state index in [1.54, 1.807) is 6.92 Å². The summed E-state index contributed by atoms with van der Waals surface area (Å²) in [5, 5.41) is 12.9. The van der Waals surface area contributed by atoms with Crippen molar-refractivity contribution in [1.82, 2.24) is 5.32 Å². The molecule has 0 aliphatic rings. The lowest BCUT2D eigenvalue weighted by Gasteiger charge is -2.24. The molecule has 2 N–H and O–H groups in total. The van der Waals surface area contributed by atoms with Crippen LogP contribution in [0.1, 0.15) is 44.0 Å². The quantitative estimate of drug-likeness (QED) is 0.721. The highest BCUT2D eigenvalue weighted by molar-refractivity contribution is 5.94. The smallest absolute Gasteiger partial charge is 0.387 e. The second-order valence-electron chi connectivity index (χ2n) is 6.36. The van der Waals surface area contributed by atoms with Crippen LogP contribution in [0.3, 0.4) is 0 Å². The molecule has 0 radical (unpaired) electrons. The van der Waals surface area contributed by atoms with Crippen molar-refractivity contribution >= 4 is 5.91 Å². The summed E-state index contributed by atoms with van der Waals surface area (Å²) in [5.41, 5.74) is -0.888. The van der Waals surface area contributed by atoms with E-state index in [4.69, 9.17) is 4.74 Å². The zero-order chi connectivity index (χ0) is 18.3. The monoisotopic (exact) mass is 345 g/mol. The maximum absolute atomic E-state index is 12.4. The Hall–Kier alpha value is -1.89. The van der Waals surface area contributed by atoms with E-state index in [2.05, 4.69) is 23.9 Å². The molecule has 0 aliphatic heterocycles. The summed E-state index contributed by atoms with van der Waals surface area (Å²) in [6, 6.07) is 4.00. The Morgan fingerprint density at radius 2 is 2.00 bits per heavy atom. The summed E-state index contributed by atoms with van der Waals surface area (Å²) < 4.78 is 34.1. The summed E-state index contributed by atoms with van der Waals surface area (Å²) in [5.74, 6) is -0.146. The number of aliphatic hydroxyl groups is 1. The van der Waals surface area contributed by atoms with Crippen molar-refractivity contribution in [2.45, 2.75) is 45.8 Å². The second-order valence-corrected chi connectivity index (χ2v) is 6.36. The Morgan fingerprint density at radius 1 is 1.33 bits per heavy atom. The predicted octanol–water partition coefficient (Wildman–Crippen LogP) is 3.21. The van der Waals surface area contributed by atoms with E-state index in [-0.39, 0.29) is 23.6 Å². The first kappa shape index (κ1) is 20.2. The summed E-state index contributed by atoms with van der Waals surface area (Å²) in [4.78, 5) is 12.2. The number of hydrogen-bond donors (Lipinski definition) is 2. The van der Waals surface area contributed by atoms with Crippen molar-refractivity contribution < 1.29 is 28.2 Å². The van der Waals surface area contributed by atoms with Crippen LogP contribution in [0.2, 0.25) is 0 Å². The maximum atomic E-state index is 12.4. The Labute approximate surface area is 141 Å². The SMILES string of the molecule is COc1ccc(C(=O)NC[C@@](C)(O)CCC(C)C)cc1OC(F)F. The average Bonchev–Trinajstić information content (AvgIpc) is 2.50. The molecule has 1 atom stereocenters. The Balaban J connectivity index is 2.74. The van der Waals surface area contributed by atoms with Gasteiger partial charge in [0.15, 0.2) is 11.5 Å². The summed E-state index contributed by atoms with van der Waals surface area (Å²) in [7, 11) is 1.32. The number of methoxy groups -OCH3 is 1. The van der Waals surface area contributed by atoms with Gasteiger partial charge < -0.3 is 19.9 Å². The zero-order valence-corrected chi connectivity index (χ0v) is 14.4. The van der Waals surface area contributed by atoms with Crippen LogP contribution in [0.4, 0.5) is 8.78 Å². The molecule has 0 aliphatic carbocycles. The van der Waals surface area contributed by atoms with Crippen molar-refractivity contribution in [3.05, 3.63) is 23.8 Å². The van der Waals surface area contributed by atoms with Gasteiger partial charge in [0.05, 0.1) is 12.7 Å². The van der Waals surface area contributed by atoms with Gasteiger partial charge in [-0.05, 0) is 43.9 Å². The molecule has 24 heavy (non-hydrogen) atoms. The van der Waals surface area contributed by atoms with Crippen molar-refractivity contribution in [1.29, 1.82) is 0 Å². The minimum Gasteiger partial charge on any atom is -0.493 e. The van der Waals surface area contributed by atoms with Gasteiger partial charge in [0.1, 0.15) is 0 Å². The predicted molar refractivity (Wildman–Crippen MR) is 86.7 cm³/mol. The van der Waals surface area contributed by atoms with Gasteiger partial charge in [-0.15, -0.1) is 0 Å². The summed E-state index contributed by atoms with van der Waals surface area (Å²) >= 11 is 0. The fraction of sp³-hybridized carbons (Fsp3) is 0.588. The lowest BCUT2D eigenvalue weighted by molar-refractivity contribution is -0.0512. The first-order valence-electron chi connectivity index (χ1n) is 7.78. The van der Waals surface area contributed by atoms with Gasteiger partial charge in [-0.1, -0.05) is 13.8 Å². The van der Waals surface area contributed by atoms with Crippen LogP contribution in [0, 0.1) is 5.92 Å². The van der Waals surface area contributed by atoms with E-state index in [9.17, 15) is 18.7 Å². The van der Waals surface area contributed by atoms with E-state index in [1.807, 2.05) is 0 Å². The third-order valence-corrected chi connectivity index (χ3v) is 3.53. The van der Waals surface area contributed by atoms with Gasteiger partial charge in [-0.25, -0.2) is 0 Å². The van der Waals surface area contributed by atoms with Crippen LogP contribution in [0.25, 0.3) is 0 Å². The topological polar surface area (TPSA) is 67.8 Å². The molecule has 0 unspecified atom stereocenters. The van der Waals surface area contributed by atoms with Crippen LogP contribution in [-0.4, -0.2) is 36.9 Å². The minimum absolute atomic E-state index is 0.0651. The largest absolute Gasteiger partial charge is 0.493 e. The third-order valence-electron chi connectivity index (χ3n) is 3.53. The molecule has 0 saturated carbocycles. The summed E-state index contributed by atoms with van der Waals surface area (Å²) in [6.07, 6.45) is 1.38. The van der Waals surface area contributed by atoms with Crippen LogP contribution in [0.15, 0.2) is 18.2 Å². The second kappa shape index (κ2) is 8.82. The molecular formula is C17H25F2NO4. The standard InChI is InChI=1S/C17H25F2NO4/c1-11(2)7-8-17(3,22)10-20-15(21)12-5-6-13(23-4)14(9-12)24-16(18)19/h5-6,9,11,16,22H,7-8,10H2,1-4H3,(H,20,21)/t17-/m0/s1. The normalized spacial score (nSPS) is 13.7. The number of hydrogen-bond acceptors (Lipinski definition) is 4. The molecule has 0 bridgehead atoms. The van der Waals surface area contributed by atoms with Gasteiger partial charge in [0.25, 0.3) is 5.91 Å². The number of nitrogens with one attached hydrogen (secondary N) is 1. The van der Waals surface area contributed by atoms with Crippen molar-refractivity contribution in [2.24, 2.45) is 5.92 Å². The molecule has 5 nitrogen and oxygen atoms in total. The number of amides is 1. The van der Waals surface area contributed by atoms with E-state index in [0.29, 0.717) is 12.3 Å². The van der Waals surface area contributed by atoms with E-state index in [1.165, 1.54) is 25.3 Å². The third kappa shape index (κ3) is 6.70. The highest BCUT2D eigenvalue weighted by Gasteiger charge is 2.22. The van der Waals surface area contributed by atoms with Gasteiger partial charge in [-0.2, -0.15) is 8.78 Å². The van der Waals surface area contributed by atoms with Gasteiger partial charge in [0.2, 0.25) is 0 Å². The summed E-state index contributed by atoms with van der Waals surface area (Å²) in [6.45, 7) is 2.80. The number of halogens is 2. The lowest BCUT2D eigenvalue weighted by atomic mass is 9.95. The molecule has 1 rings (SSSR count). The lowest BCUT2D eigenvalue weighted by Crippen LogP contribution is -2.40. The Morgan fingerprint density at radius 3 is 2.54 bits per heavy atom. The molecule has 1 aromatic rings. The average molecular weight is 345 g/mol. The number of rotatable bonds is 9. The van der Waals surface area contributed by atoms with Crippen molar-refractivity contribution in [3.8, 4) is 11.5 Å². The Bertz CT molecular complexity index is 547. The molecule has 0 heterocycles. The number of carbonyl (C=O) groups excluding carboxylic acids is 1. The zero-order valence-electron chi connectivity index (χ0n) is 14.4. The van der Waals surface area contributed by atoms with Crippen LogP contribution in [-0.2, 0) is 0 Å². The molecule has 0 fully saturated rings. The molecule has 0 aromatic heterocycles. The maximum Gasteiger partial charge on any atom is 0.387 e. The van der Waals surface area contributed by atoms with E-state index in [0.717, 1.165) is 6.42 Å². The Kier molecular flexibility index (Phi) is 7.41. The number of ether oxygens (including phenoxy) is 2. The molecule has 0 saturated heterocycles. The van der Waals surface area contributed by atoms with Crippen molar-refractivity contribution in [3.63, 3.8) is 0 Å². The highest BCUT2D eigenvalue weighted by atomic mass is 19.3. The van der Waals surface area contributed by atoms with Crippen LogP contribution >= 0.6 is 0 Å². The molecular weight excluding hydrogens is 320 g/mol. The first-order valence-corrected chi connectivity index (χ1v) is 7.78. The van der Waals surface area contributed by atoms with E-state index < -0.39 is 18.1 Å². The minimum atomic E-state index is -3.02. The highest BCUT2D eigenvalue weighted by Crippen LogP contribution is 2.29. The fourth-order valence-electron chi connectivity index (χ4n) is 2.07. The van der Waals surface area contributed by atoms with Gasteiger partial charge >= 0.3 is 6.61 Å². The van der Waals surface area contributed by atoms with Crippen LogP contribution in [0.5, 0.6) is 11.5 Å². The number of alkyl halides is 2. The van der Waals surface area contributed by atoms with Gasteiger partial charge in [-0.3, -0.25) is 4.79 Å².